The third kappa shape index (κ3) is 127. The summed E-state index contributed by atoms with van der Waals surface area (Å²) < 4.78 is 281. The fourth-order valence-corrected chi connectivity index (χ4v) is 5.64. The van der Waals surface area contributed by atoms with E-state index in [0.717, 1.165) is 158 Å². The van der Waals surface area contributed by atoms with Gasteiger partial charge in [0.1, 0.15) is 119 Å². The number of hydrogen-bond acceptors (Lipinski definition) is 24. The first-order valence-electron chi connectivity index (χ1n) is 25.8. The third-order valence-electron chi connectivity index (χ3n) is 9.27. The van der Waals surface area contributed by atoms with Gasteiger partial charge in [0.15, 0.2) is 116 Å². The van der Waals surface area contributed by atoms with Gasteiger partial charge in [-0.2, -0.15) is 0 Å². The summed E-state index contributed by atoms with van der Waals surface area (Å²) in [7, 11) is 10.2. The van der Waals surface area contributed by atoms with Crippen LogP contribution in [-0.4, -0.2) is 417 Å². The van der Waals surface area contributed by atoms with Gasteiger partial charge in [0, 0.05) is 42.7 Å². The molecule has 6 rings (SSSR count). The van der Waals surface area contributed by atoms with Crippen molar-refractivity contribution in [3.05, 3.63) is 0 Å². The first-order chi connectivity index (χ1) is 41.6. The van der Waals surface area contributed by atoms with Crippen molar-refractivity contribution >= 4 is 125 Å². The van der Waals surface area contributed by atoms with Crippen LogP contribution < -0.4 is 24.6 Å². The molecule has 6 aliphatic rings. The van der Waals surface area contributed by atoms with Gasteiger partial charge in [0.05, 0.1) is 0 Å². The number of halogens is 6. The number of rotatable bonds is 12. The minimum absolute atomic E-state index is 0.708. The Balaban J connectivity index is -0.000000217. The van der Waals surface area contributed by atoms with Crippen LogP contribution in [0.5, 0.6) is 0 Å². The number of ether oxygens (including phenoxy) is 12. The second-order valence-corrected chi connectivity index (χ2v) is 27.8. The number of hydrogen-bond donors (Lipinski definition) is 6. The summed E-state index contributed by atoms with van der Waals surface area (Å²) in [6.07, 6.45) is 12.4. The molecule has 6 N–H and O–H groups in total. The average molecular weight is 1720 g/mol. The number of nitrogens with zero attached hydrogens (tertiary/aromatic N) is 6. The zero-order valence-electron chi connectivity index (χ0n) is 50.8. The second-order valence-electron chi connectivity index (χ2n) is 16.4. The van der Waals surface area contributed by atoms with Crippen LogP contribution in [0.1, 0.15) is 0 Å². The van der Waals surface area contributed by atoms with Crippen LogP contribution in [0.2, 0.25) is 0 Å². The molecule has 0 aromatic rings. The molecule has 90 heavy (non-hydrogen) atoms. The van der Waals surface area contributed by atoms with Crippen LogP contribution in [0, 0.1) is 0 Å². The second kappa shape index (κ2) is 65.1. The van der Waals surface area contributed by atoms with Gasteiger partial charge < -0.3 is 56.8 Å². The molecule has 0 aromatic heterocycles. The Hall–Kier alpha value is -1.21. The fourth-order valence-electron chi connectivity index (χ4n) is 5.64. The molecular formula is C42H90As6F6N6O30. The third-order valence-corrected chi connectivity index (χ3v) is 9.27. The van der Waals surface area contributed by atoms with Gasteiger partial charge in [0.2, 0.25) is 0 Å². The molecule has 6 saturated heterocycles. The Morgan fingerprint density at radius 2 is 0.356 bits per heavy atom. The van der Waals surface area contributed by atoms with Gasteiger partial charge in [-0.25, -0.2) is 27.5 Å². The minimum atomic E-state index is -5.88. The van der Waals surface area contributed by atoms with Crippen molar-refractivity contribution in [2.45, 2.75) is 0 Å². The Bertz CT molecular complexity index is 1740. The summed E-state index contributed by atoms with van der Waals surface area (Å²) in [5.41, 5.74) is 0. The molecule has 6 fully saturated rings. The molecule has 0 amide bonds. The predicted octanol–water partition coefficient (Wildman–Crippen LogP) is -12.5. The molecule has 0 radical (unpaired) electrons. The van der Waals surface area contributed by atoms with Gasteiger partial charge in [0.25, 0.3) is 0 Å². The summed E-state index contributed by atoms with van der Waals surface area (Å²) in [5.74, 6) is 0. The van der Waals surface area contributed by atoms with E-state index in [2.05, 4.69) is 64.7 Å². The van der Waals surface area contributed by atoms with Crippen LogP contribution >= 0.6 is 0 Å². The summed E-state index contributed by atoms with van der Waals surface area (Å²) in [6, 6.07) is 0. The Morgan fingerprint density at radius 3 is 0.422 bits per heavy atom. The molecule has 48 heteroatoms. The van der Waals surface area contributed by atoms with Crippen LogP contribution in [0.15, 0.2) is 0 Å². The molecular weight excluding hydrogens is 1630 g/mol. The maximum atomic E-state index is 10.3. The number of methoxy groups -OCH3 is 6. The van der Waals surface area contributed by atoms with E-state index in [1.165, 1.54) is 0 Å². The SMILES string of the molecule is COCC=[N+]1CCOCC1.COCC=[N+]1CCOCC1.COCC=[N+]1CCOCC1.COCC=[N+]1CCOCC1.COCC=[N+]1CCOCC1.COCC=[N+]1CCOCC1.O=[As]([O-])(O)F.O=[As]([O-])(O)F.O=[As]([O-])(O)F.O=[As]([O-])(O)F.O=[As]([O-])(O)F.O=[As]([O-])(O)F. The quantitative estimate of drug-likeness (QED) is 0.0600. The van der Waals surface area contributed by atoms with Crippen molar-refractivity contribution in [1.82, 2.24) is 0 Å². The van der Waals surface area contributed by atoms with Crippen molar-refractivity contribution in [1.29, 1.82) is 0 Å². The van der Waals surface area contributed by atoms with Gasteiger partial charge in [-0.1, -0.05) is 0 Å². The summed E-state index contributed by atoms with van der Waals surface area (Å²) >= 11 is -35.2. The van der Waals surface area contributed by atoms with E-state index in [9.17, 15) is 20.8 Å². The van der Waals surface area contributed by atoms with Crippen molar-refractivity contribution < 1.29 is 177 Å². The summed E-state index contributed by atoms with van der Waals surface area (Å²) in [5, 5.41) is 0. The van der Waals surface area contributed by atoms with E-state index < -0.39 is 87.9 Å². The van der Waals surface area contributed by atoms with Gasteiger partial charge in [-0.05, 0) is 0 Å². The normalized spacial score (nSPS) is 19.9. The summed E-state index contributed by atoms with van der Waals surface area (Å²) in [6.45, 7) is 26.5. The van der Waals surface area contributed by atoms with Crippen LogP contribution in [0.3, 0.4) is 0 Å². The van der Waals surface area contributed by atoms with Gasteiger partial charge >= 0.3 is 180 Å². The van der Waals surface area contributed by atoms with Crippen molar-refractivity contribution in [3.8, 4) is 0 Å². The van der Waals surface area contributed by atoms with E-state index in [1.54, 1.807) is 42.7 Å². The zero-order valence-corrected chi connectivity index (χ0v) is 62.1. The van der Waals surface area contributed by atoms with Gasteiger partial charge in [-0.15, -0.1) is 0 Å². The molecule has 0 spiro atoms. The zero-order chi connectivity index (χ0) is 70.4. The molecule has 6 unspecified atom stereocenters. The van der Waals surface area contributed by atoms with E-state index in [-0.39, 0.29) is 0 Å². The van der Waals surface area contributed by atoms with Crippen LogP contribution in [-0.2, 0) is 79.3 Å². The maximum absolute atomic E-state index is 10.3. The fraction of sp³-hybridized carbons (Fsp3) is 0.857. The molecule has 6 aliphatic heterocycles. The van der Waals surface area contributed by atoms with E-state index in [4.69, 9.17) is 128 Å². The Kier molecular flexibility index (Phi) is 72.2. The first-order valence-corrected chi connectivity index (χ1v) is 44.3. The Labute approximate surface area is 538 Å². The molecule has 540 valence electrons. The molecule has 6 atom stereocenters. The molecule has 0 aromatic carbocycles. The van der Waals surface area contributed by atoms with Crippen LogP contribution in [0.25, 0.3) is 0 Å². The molecule has 0 saturated carbocycles. The Morgan fingerprint density at radius 1 is 0.278 bits per heavy atom. The monoisotopic (exact) mass is 1720 g/mol. The molecule has 6 heterocycles. The van der Waals surface area contributed by atoms with E-state index in [1.807, 2.05) is 0 Å². The van der Waals surface area contributed by atoms with E-state index >= 15 is 0 Å². The van der Waals surface area contributed by atoms with E-state index in [0.29, 0.717) is 39.6 Å². The summed E-state index contributed by atoms with van der Waals surface area (Å²) in [4.78, 5) is 0. The predicted molar refractivity (Wildman–Crippen MR) is 291 cm³/mol. The number of morpholine rings is 6. The topological polar surface area (TPSA) is 491 Å². The van der Waals surface area contributed by atoms with Crippen molar-refractivity contribution in [3.63, 3.8) is 0 Å². The van der Waals surface area contributed by atoms with Crippen LogP contribution in [0.4, 0.5) is 20.8 Å². The standard InChI is InChI=1S/6C7H14NO2.6AsFH2O3/c6*1-9-5-2-8-3-6-10-7-4-8;6*2-1(3,4)5/h6*2H,3-7H2,1H3;6*(H2,3,4,5)/q6*+1;;;;;;/p-6. The first kappa shape index (κ1) is 99.8. The molecule has 0 aliphatic carbocycles. The molecule has 36 nitrogen and oxygen atoms in total. The van der Waals surface area contributed by atoms with Gasteiger partial charge in [-0.3, -0.25) is 0 Å². The average Bonchev–Trinajstić information content (AvgIpc) is 3.45. The van der Waals surface area contributed by atoms with Crippen molar-refractivity contribution in [2.24, 2.45) is 0 Å². The molecule has 0 bridgehead atoms. The van der Waals surface area contributed by atoms with Crippen molar-refractivity contribution in [2.75, 3.05) is 240 Å².